The zero-order valence-corrected chi connectivity index (χ0v) is 8.98. The molecule has 1 aliphatic rings. The van der Waals surface area contributed by atoms with E-state index in [0.29, 0.717) is 17.2 Å². The quantitative estimate of drug-likeness (QED) is 0.811. The van der Waals surface area contributed by atoms with Crippen molar-refractivity contribution >= 4 is 0 Å². The Hall–Kier alpha value is -2.07. The van der Waals surface area contributed by atoms with Crippen LogP contribution in [0.4, 0.5) is 0 Å². The number of aromatic nitrogens is 1. The van der Waals surface area contributed by atoms with Gasteiger partial charge in [0.25, 0.3) is 0 Å². The van der Waals surface area contributed by atoms with Gasteiger partial charge in [0.05, 0.1) is 5.69 Å². The van der Waals surface area contributed by atoms with E-state index < -0.39 is 12.4 Å². The van der Waals surface area contributed by atoms with Crippen molar-refractivity contribution in [1.82, 2.24) is 4.98 Å². The van der Waals surface area contributed by atoms with E-state index in [1.807, 2.05) is 24.3 Å². The summed E-state index contributed by atoms with van der Waals surface area (Å²) in [4.78, 5) is 4.16. The minimum absolute atomic E-state index is 0.548. The first-order valence-electron chi connectivity index (χ1n) is 5.36. The first kappa shape index (κ1) is 10.1. The summed E-state index contributed by atoms with van der Waals surface area (Å²) in [6.45, 7) is 0. The van der Waals surface area contributed by atoms with Crippen LogP contribution in [0.25, 0.3) is 0 Å². The molecule has 0 amide bonds. The number of pyridine rings is 1. The molecular formula is C13H11NO3. The molecule has 3 rings (SSSR count). The molecular weight excluding hydrogens is 218 g/mol. The molecule has 0 saturated heterocycles. The number of hydrogen-bond donors (Lipinski definition) is 1. The van der Waals surface area contributed by atoms with E-state index >= 15 is 0 Å². The highest BCUT2D eigenvalue weighted by atomic mass is 16.7. The summed E-state index contributed by atoms with van der Waals surface area (Å²) in [6, 6.07) is 12.7. The summed E-state index contributed by atoms with van der Waals surface area (Å²) in [7, 11) is 0. The number of nitrogens with zero attached hydrogens (tertiary/aromatic N) is 1. The van der Waals surface area contributed by atoms with Crippen LogP contribution in [0.2, 0.25) is 0 Å². The zero-order chi connectivity index (χ0) is 11.7. The van der Waals surface area contributed by atoms with E-state index in [-0.39, 0.29) is 0 Å². The fraction of sp³-hybridized carbons (Fsp3) is 0.154. The van der Waals surface area contributed by atoms with Crippen LogP contribution in [0.15, 0.2) is 48.7 Å². The molecule has 2 atom stereocenters. The highest BCUT2D eigenvalue weighted by molar-refractivity contribution is 5.41. The van der Waals surface area contributed by atoms with Crippen molar-refractivity contribution in [2.75, 3.05) is 0 Å². The maximum Gasteiger partial charge on any atom is 0.240 e. The molecule has 0 radical (unpaired) electrons. The predicted molar refractivity (Wildman–Crippen MR) is 60.7 cm³/mol. The minimum Gasteiger partial charge on any atom is -0.474 e. The van der Waals surface area contributed by atoms with Gasteiger partial charge in [-0.3, -0.25) is 4.98 Å². The Labute approximate surface area is 98.5 Å². The third-order valence-electron chi connectivity index (χ3n) is 2.59. The van der Waals surface area contributed by atoms with Crippen LogP contribution in [-0.4, -0.2) is 16.4 Å². The van der Waals surface area contributed by atoms with E-state index in [9.17, 15) is 5.11 Å². The van der Waals surface area contributed by atoms with Gasteiger partial charge in [-0.1, -0.05) is 18.2 Å². The zero-order valence-electron chi connectivity index (χ0n) is 8.98. The van der Waals surface area contributed by atoms with E-state index in [1.54, 1.807) is 24.4 Å². The van der Waals surface area contributed by atoms with Gasteiger partial charge in [0.1, 0.15) is 0 Å². The van der Waals surface area contributed by atoms with Gasteiger partial charge in [-0.25, -0.2) is 0 Å². The number of aliphatic hydroxyl groups is 1. The summed E-state index contributed by atoms with van der Waals surface area (Å²) in [6.07, 6.45) is 0.0252. The Morgan fingerprint density at radius 3 is 2.35 bits per heavy atom. The number of para-hydroxylation sites is 2. The molecule has 1 N–H and O–H groups in total. The van der Waals surface area contributed by atoms with Gasteiger partial charge < -0.3 is 14.6 Å². The van der Waals surface area contributed by atoms with Crippen LogP contribution >= 0.6 is 0 Å². The molecule has 2 heterocycles. The van der Waals surface area contributed by atoms with Crippen LogP contribution in [0.3, 0.4) is 0 Å². The van der Waals surface area contributed by atoms with Crippen molar-refractivity contribution < 1.29 is 14.6 Å². The second kappa shape index (κ2) is 4.07. The van der Waals surface area contributed by atoms with Crippen molar-refractivity contribution in [3.8, 4) is 11.5 Å². The molecule has 2 aromatic rings. The van der Waals surface area contributed by atoms with E-state index in [4.69, 9.17) is 9.47 Å². The molecule has 0 saturated carbocycles. The van der Waals surface area contributed by atoms with Gasteiger partial charge in [0, 0.05) is 6.20 Å². The second-order valence-electron chi connectivity index (χ2n) is 3.75. The molecule has 0 aliphatic carbocycles. The number of rotatable bonds is 1. The number of benzene rings is 1. The normalized spacial score (nSPS) is 22.2. The molecule has 17 heavy (non-hydrogen) atoms. The summed E-state index contributed by atoms with van der Waals surface area (Å²) in [5.74, 6) is 1.17. The Balaban J connectivity index is 1.95. The average molecular weight is 229 g/mol. The van der Waals surface area contributed by atoms with Crippen LogP contribution in [0.5, 0.6) is 11.5 Å². The average Bonchev–Trinajstić information content (AvgIpc) is 2.39. The first-order valence-corrected chi connectivity index (χ1v) is 5.36. The summed E-state index contributed by atoms with van der Waals surface area (Å²) >= 11 is 0. The number of ether oxygens (including phenoxy) is 2. The highest BCUT2D eigenvalue weighted by Gasteiger charge is 2.31. The van der Waals surface area contributed by atoms with E-state index in [2.05, 4.69) is 4.98 Å². The first-order chi connectivity index (χ1) is 8.34. The van der Waals surface area contributed by atoms with Crippen LogP contribution in [-0.2, 0) is 0 Å². The number of fused-ring (bicyclic) bond motifs is 1. The number of aliphatic hydroxyl groups excluding tert-OH is 1. The molecule has 0 bridgehead atoms. The van der Waals surface area contributed by atoms with Crippen molar-refractivity contribution in [1.29, 1.82) is 0 Å². The standard InChI is InChI=1S/C13H11NO3/c15-13-12(9-5-3-4-8-14-9)16-10-6-1-2-7-11(10)17-13/h1-8,12-13,15H/t12-,13+/m0/s1. The molecule has 0 unspecified atom stereocenters. The molecule has 1 aromatic carbocycles. The maximum absolute atomic E-state index is 9.88. The van der Waals surface area contributed by atoms with Gasteiger partial charge in [-0.2, -0.15) is 0 Å². The van der Waals surface area contributed by atoms with E-state index in [1.165, 1.54) is 0 Å². The third kappa shape index (κ3) is 1.83. The molecule has 4 nitrogen and oxygen atoms in total. The fourth-order valence-corrected chi connectivity index (χ4v) is 1.78. The summed E-state index contributed by atoms with van der Waals surface area (Å²) < 4.78 is 11.1. The van der Waals surface area contributed by atoms with Crippen LogP contribution in [0, 0.1) is 0 Å². The van der Waals surface area contributed by atoms with Crippen molar-refractivity contribution in [2.24, 2.45) is 0 Å². The Kier molecular flexibility index (Phi) is 2.42. The van der Waals surface area contributed by atoms with Crippen LogP contribution in [0.1, 0.15) is 11.8 Å². The molecule has 0 fully saturated rings. The Bertz CT molecular complexity index is 515. The van der Waals surface area contributed by atoms with Gasteiger partial charge in [0.2, 0.25) is 12.4 Å². The third-order valence-corrected chi connectivity index (χ3v) is 2.59. The molecule has 0 spiro atoms. The lowest BCUT2D eigenvalue weighted by molar-refractivity contribution is -0.117. The number of hydrogen-bond acceptors (Lipinski definition) is 4. The van der Waals surface area contributed by atoms with Crippen LogP contribution < -0.4 is 9.47 Å². The van der Waals surface area contributed by atoms with Gasteiger partial charge in [-0.15, -0.1) is 0 Å². The smallest absolute Gasteiger partial charge is 0.240 e. The summed E-state index contributed by atoms with van der Waals surface area (Å²) in [5, 5.41) is 9.88. The van der Waals surface area contributed by atoms with Gasteiger partial charge >= 0.3 is 0 Å². The lowest BCUT2D eigenvalue weighted by atomic mass is 10.2. The second-order valence-corrected chi connectivity index (χ2v) is 3.75. The lowest BCUT2D eigenvalue weighted by Crippen LogP contribution is -2.33. The Morgan fingerprint density at radius 1 is 0.941 bits per heavy atom. The highest BCUT2D eigenvalue weighted by Crippen LogP contribution is 2.37. The topological polar surface area (TPSA) is 51.6 Å². The Morgan fingerprint density at radius 2 is 1.65 bits per heavy atom. The van der Waals surface area contributed by atoms with Crippen molar-refractivity contribution in [2.45, 2.75) is 12.4 Å². The molecule has 4 heteroatoms. The monoisotopic (exact) mass is 229 g/mol. The van der Waals surface area contributed by atoms with Gasteiger partial charge in [0.15, 0.2) is 11.5 Å². The van der Waals surface area contributed by atoms with Gasteiger partial charge in [-0.05, 0) is 24.3 Å². The van der Waals surface area contributed by atoms with E-state index in [0.717, 1.165) is 0 Å². The molecule has 1 aliphatic heterocycles. The van der Waals surface area contributed by atoms with Crippen molar-refractivity contribution in [3.63, 3.8) is 0 Å². The summed E-state index contributed by atoms with van der Waals surface area (Å²) in [5.41, 5.74) is 0.648. The fourth-order valence-electron chi connectivity index (χ4n) is 1.78. The maximum atomic E-state index is 9.88. The lowest BCUT2D eigenvalue weighted by Gasteiger charge is -2.30. The van der Waals surface area contributed by atoms with Crippen molar-refractivity contribution in [3.05, 3.63) is 54.4 Å². The predicted octanol–water partition coefficient (Wildman–Crippen LogP) is 1.91. The SMILES string of the molecule is O[C@@H]1Oc2ccccc2O[C@H]1c1ccccn1. The minimum atomic E-state index is -1.04. The largest absolute Gasteiger partial charge is 0.474 e. The molecule has 1 aromatic heterocycles. The molecule has 86 valence electrons.